The van der Waals surface area contributed by atoms with Gasteiger partial charge in [-0.05, 0) is 33.6 Å². The fourth-order valence-electron chi connectivity index (χ4n) is 1.48. The average molecular weight is 244 g/mol. The van der Waals surface area contributed by atoms with Crippen LogP contribution >= 0.6 is 0 Å². The molecule has 0 saturated carbocycles. The normalized spacial score (nSPS) is 17.4. The number of carbonyl (C=O) groups excluding carboxylic acids is 1. The number of ether oxygens (including phenoxy) is 2. The van der Waals surface area contributed by atoms with Crippen LogP contribution in [0.25, 0.3) is 0 Å². The Morgan fingerprint density at radius 1 is 1.18 bits per heavy atom. The summed E-state index contributed by atoms with van der Waals surface area (Å²) in [6, 6.07) is 0. The summed E-state index contributed by atoms with van der Waals surface area (Å²) in [5, 5.41) is 0. The first kappa shape index (κ1) is 16.4. The molecule has 0 aliphatic rings. The Morgan fingerprint density at radius 2 is 1.71 bits per heavy atom. The fraction of sp³-hybridized carbons (Fsp3) is 0.929. The van der Waals surface area contributed by atoms with Crippen molar-refractivity contribution in [3.8, 4) is 0 Å². The molecule has 0 spiro atoms. The van der Waals surface area contributed by atoms with Crippen LogP contribution in [-0.2, 0) is 14.3 Å². The van der Waals surface area contributed by atoms with Gasteiger partial charge in [0.2, 0.25) is 0 Å². The predicted octanol–water partition coefficient (Wildman–Crippen LogP) is 3.56. The monoisotopic (exact) mass is 244 g/mol. The van der Waals surface area contributed by atoms with Crippen molar-refractivity contribution < 1.29 is 14.3 Å². The van der Waals surface area contributed by atoms with E-state index in [0.29, 0.717) is 6.61 Å². The van der Waals surface area contributed by atoms with Crippen LogP contribution in [0.2, 0.25) is 0 Å². The summed E-state index contributed by atoms with van der Waals surface area (Å²) in [5.41, 5.74) is -0.547. The molecule has 0 saturated heterocycles. The third-order valence-corrected chi connectivity index (χ3v) is 3.70. The Hall–Kier alpha value is -0.570. The second-order valence-electron chi connectivity index (χ2n) is 5.59. The molecule has 0 fully saturated rings. The van der Waals surface area contributed by atoms with Crippen molar-refractivity contribution in [1.29, 1.82) is 0 Å². The summed E-state index contributed by atoms with van der Waals surface area (Å²) in [5.74, 6) is -0.0434. The molecule has 0 aliphatic carbocycles. The van der Waals surface area contributed by atoms with Gasteiger partial charge in [-0.3, -0.25) is 4.79 Å². The lowest BCUT2D eigenvalue weighted by molar-refractivity contribution is -0.166. The summed E-state index contributed by atoms with van der Waals surface area (Å²) in [7, 11) is 0. The Balaban J connectivity index is 4.45. The minimum atomic E-state index is -0.435. The van der Waals surface area contributed by atoms with Crippen molar-refractivity contribution in [3.05, 3.63) is 0 Å². The molecule has 3 nitrogen and oxygen atoms in total. The largest absolute Gasteiger partial charge is 0.459 e. The number of esters is 1. The Morgan fingerprint density at radius 3 is 2.06 bits per heavy atom. The zero-order valence-corrected chi connectivity index (χ0v) is 12.4. The van der Waals surface area contributed by atoms with Gasteiger partial charge in [0.25, 0.3) is 0 Å². The molecule has 0 N–H and O–H groups in total. The summed E-state index contributed by atoms with van der Waals surface area (Å²) >= 11 is 0. The molecule has 0 amide bonds. The van der Waals surface area contributed by atoms with Gasteiger partial charge in [0.1, 0.15) is 5.60 Å². The fourth-order valence-corrected chi connectivity index (χ4v) is 1.48. The maximum atomic E-state index is 11.1. The van der Waals surface area contributed by atoms with Crippen molar-refractivity contribution in [2.24, 2.45) is 5.92 Å². The lowest BCUT2D eigenvalue weighted by Gasteiger charge is -2.36. The van der Waals surface area contributed by atoms with Crippen LogP contribution < -0.4 is 0 Å². The number of hydrogen-bond acceptors (Lipinski definition) is 3. The van der Waals surface area contributed by atoms with Crippen LogP contribution in [-0.4, -0.2) is 23.8 Å². The van der Waals surface area contributed by atoms with Gasteiger partial charge >= 0.3 is 5.97 Å². The molecule has 17 heavy (non-hydrogen) atoms. The molecule has 0 aromatic rings. The Bertz CT molecular complexity index is 248. The van der Waals surface area contributed by atoms with Crippen molar-refractivity contribution in [3.63, 3.8) is 0 Å². The van der Waals surface area contributed by atoms with Crippen molar-refractivity contribution in [1.82, 2.24) is 0 Å². The first-order valence-corrected chi connectivity index (χ1v) is 6.50. The van der Waals surface area contributed by atoms with Crippen LogP contribution in [0.3, 0.4) is 0 Å². The third-order valence-electron chi connectivity index (χ3n) is 3.70. The molecule has 0 aliphatic heterocycles. The molecule has 2 atom stereocenters. The number of hydrogen-bond donors (Lipinski definition) is 0. The minimum absolute atomic E-state index is 0.112. The van der Waals surface area contributed by atoms with E-state index < -0.39 is 5.60 Å². The molecule has 2 unspecified atom stereocenters. The molecule has 0 rings (SSSR count). The van der Waals surface area contributed by atoms with Crippen LogP contribution in [0, 0.1) is 5.92 Å². The predicted molar refractivity (Wildman–Crippen MR) is 69.9 cm³/mol. The van der Waals surface area contributed by atoms with Gasteiger partial charge in [0.05, 0.1) is 12.2 Å². The van der Waals surface area contributed by atoms with Gasteiger partial charge in [-0.25, -0.2) is 0 Å². The maximum Gasteiger partial charge on any atom is 0.303 e. The highest BCUT2D eigenvalue weighted by molar-refractivity contribution is 5.66. The Kier molecular flexibility index (Phi) is 6.17. The molecule has 0 radical (unpaired) electrons. The van der Waals surface area contributed by atoms with Gasteiger partial charge in [-0.15, -0.1) is 0 Å². The summed E-state index contributed by atoms with van der Waals surface area (Å²) in [6.07, 6.45) is 1.76. The van der Waals surface area contributed by atoms with Crippen LogP contribution in [0.5, 0.6) is 0 Å². The molecule has 0 heterocycles. The highest BCUT2D eigenvalue weighted by Crippen LogP contribution is 2.27. The summed E-state index contributed by atoms with van der Waals surface area (Å²) in [4.78, 5) is 11.1. The maximum absolute atomic E-state index is 11.1. The van der Waals surface area contributed by atoms with Crippen LogP contribution in [0.4, 0.5) is 0 Å². The number of carbonyl (C=O) groups is 1. The van der Waals surface area contributed by atoms with Gasteiger partial charge in [-0.2, -0.15) is 0 Å². The van der Waals surface area contributed by atoms with E-state index in [4.69, 9.17) is 9.47 Å². The van der Waals surface area contributed by atoms with Crippen LogP contribution in [0.15, 0.2) is 0 Å². The van der Waals surface area contributed by atoms with Crippen LogP contribution in [0.1, 0.15) is 61.3 Å². The molecule has 0 aromatic carbocycles. The first-order valence-electron chi connectivity index (χ1n) is 6.50. The SMILES string of the molecule is CCC(C)(C)OCC(C)C(C)(CC)OC(C)=O. The van der Waals surface area contributed by atoms with Crippen molar-refractivity contribution in [2.45, 2.75) is 72.5 Å². The molecular formula is C14H28O3. The second kappa shape index (κ2) is 6.39. The minimum Gasteiger partial charge on any atom is -0.459 e. The summed E-state index contributed by atoms with van der Waals surface area (Å²) < 4.78 is 11.3. The van der Waals surface area contributed by atoms with E-state index in [0.717, 1.165) is 12.8 Å². The zero-order valence-electron chi connectivity index (χ0n) is 12.4. The van der Waals surface area contributed by atoms with E-state index in [1.165, 1.54) is 6.92 Å². The standard InChI is InChI=1S/C14H28O3/c1-8-13(5,6)16-10-11(3)14(7,9-2)17-12(4)15/h11H,8-10H2,1-7H3. The molecule has 0 bridgehead atoms. The topological polar surface area (TPSA) is 35.5 Å². The molecule has 0 aromatic heterocycles. The zero-order chi connectivity index (χ0) is 13.7. The highest BCUT2D eigenvalue weighted by Gasteiger charge is 2.33. The van der Waals surface area contributed by atoms with Crippen molar-refractivity contribution >= 4 is 5.97 Å². The van der Waals surface area contributed by atoms with E-state index in [9.17, 15) is 4.79 Å². The van der Waals surface area contributed by atoms with E-state index in [1.54, 1.807) is 0 Å². The second-order valence-corrected chi connectivity index (χ2v) is 5.59. The Labute approximate surface area is 106 Å². The molecule has 3 heteroatoms. The van der Waals surface area contributed by atoms with Gasteiger partial charge in [-0.1, -0.05) is 20.8 Å². The van der Waals surface area contributed by atoms with E-state index in [2.05, 4.69) is 27.7 Å². The van der Waals surface area contributed by atoms with E-state index in [-0.39, 0.29) is 17.5 Å². The molecule has 102 valence electrons. The average Bonchev–Trinajstić information content (AvgIpc) is 2.24. The van der Waals surface area contributed by atoms with Gasteiger partial charge in [0.15, 0.2) is 0 Å². The smallest absolute Gasteiger partial charge is 0.303 e. The first-order chi connectivity index (χ1) is 7.67. The number of rotatable bonds is 7. The molecular weight excluding hydrogens is 216 g/mol. The van der Waals surface area contributed by atoms with E-state index >= 15 is 0 Å². The lowest BCUT2D eigenvalue weighted by atomic mass is 9.88. The summed E-state index contributed by atoms with van der Waals surface area (Å²) in [6.45, 7) is 14.4. The lowest BCUT2D eigenvalue weighted by Crippen LogP contribution is -2.41. The third kappa shape index (κ3) is 5.53. The van der Waals surface area contributed by atoms with Crippen molar-refractivity contribution in [2.75, 3.05) is 6.61 Å². The highest BCUT2D eigenvalue weighted by atomic mass is 16.6. The van der Waals surface area contributed by atoms with Gasteiger partial charge in [0, 0.05) is 12.8 Å². The van der Waals surface area contributed by atoms with Gasteiger partial charge < -0.3 is 9.47 Å². The quantitative estimate of drug-likeness (QED) is 0.642. The van der Waals surface area contributed by atoms with E-state index in [1.807, 2.05) is 13.8 Å².